The summed E-state index contributed by atoms with van der Waals surface area (Å²) in [7, 11) is 0. The van der Waals surface area contributed by atoms with Crippen molar-refractivity contribution in [2.24, 2.45) is 0 Å². The second-order valence-corrected chi connectivity index (χ2v) is 5.42. The first-order valence-electron chi connectivity index (χ1n) is 7.04. The molecule has 0 bridgehead atoms. The fourth-order valence-corrected chi connectivity index (χ4v) is 2.38. The van der Waals surface area contributed by atoms with E-state index in [4.69, 9.17) is 5.73 Å². The highest BCUT2D eigenvalue weighted by Crippen LogP contribution is 2.30. The van der Waals surface area contributed by atoms with Crippen LogP contribution in [0.3, 0.4) is 0 Å². The zero-order valence-electron chi connectivity index (χ0n) is 11.6. The lowest BCUT2D eigenvalue weighted by Gasteiger charge is -2.23. The van der Waals surface area contributed by atoms with Gasteiger partial charge in [0, 0.05) is 23.8 Å². The van der Waals surface area contributed by atoms with Gasteiger partial charge in [-0.2, -0.15) is 0 Å². The Morgan fingerprint density at radius 1 is 1.19 bits per heavy atom. The predicted molar refractivity (Wildman–Crippen MR) is 80.1 cm³/mol. The summed E-state index contributed by atoms with van der Waals surface area (Å²) in [5, 5.41) is 0. The van der Waals surface area contributed by atoms with E-state index in [-0.39, 0.29) is 17.8 Å². The molecule has 1 aliphatic rings. The number of carbonyl (C=O) groups is 1. The molecule has 4 heteroatoms. The van der Waals surface area contributed by atoms with Gasteiger partial charge in [-0.1, -0.05) is 18.2 Å². The summed E-state index contributed by atoms with van der Waals surface area (Å²) < 4.78 is 13.0. The maximum Gasteiger partial charge on any atom is 0.254 e. The molecule has 0 aromatic heterocycles. The highest BCUT2D eigenvalue weighted by Gasteiger charge is 2.33. The largest absolute Gasteiger partial charge is 0.399 e. The molecule has 108 valence electrons. The van der Waals surface area contributed by atoms with E-state index in [1.54, 1.807) is 36.4 Å². The van der Waals surface area contributed by atoms with Crippen molar-refractivity contribution in [2.45, 2.75) is 25.4 Å². The van der Waals surface area contributed by atoms with Crippen molar-refractivity contribution in [3.05, 3.63) is 65.5 Å². The zero-order valence-corrected chi connectivity index (χ0v) is 11.6. The van der Waals surface area contributed by atoms with Crippen molar-refractivity contribution in [3.8, 4) is 0 Å². The number of nitrogens with two attached hydrogens (primary N) is 1. The Labute approximate surface area is 123 Å². The number of nitrogens with zero attached hydrogens (tertiary/aromatic N) is 1. The lowest BCUT2D eigenvalue weighted by molar-refractivity contribution is 0.0730. The molecule has 1 aliphatic carbocycles. The fraction of sp³-hybridized carbons (Fsp3) is 0.235. The topological polar surface area (TPSA) is 46.3 Å². The molecule has 21 heavy (non-hydrogen) atoms. The van der Waals surface area contributed by atoms with Gasteiger partial charge in [-0.05, 0) is 48.7 Å². The molecule has 0 spiro atoms. The fourth-order valence-electron chi connectivity index (χ4n) is 2.38. The van der Waals surface area contributed by atoms with Crippen LogP contribution >= 0.6 is 0 Å². The third-order valence-corrected chi connectivity index (χ3v) is 3.65. The minimum Gasteiger partial charge on any atom is -0.399 e. The minimum absolute atomic E-state index is 0.0193. The van der Waals surface area contributed by atoms with Gasteiger partial charge in [0.15, 0.2) is 0 Å². The molecule has 0 aliphatic heterocycles. The highest BCUT2D eigenvalue weighted by molar-refractivity contribution is 5.95. The van der Waals surface area contributed by atoms with Crippen molar-refractivity contribution in [2.75, 3.05) is 5.73 Å². The van der Waals surface area contributed by atoms with E-state index < -0.39 is 0 Å². The van der Waals surface area contributed by atoms with Crippen molar-refractivity contribution in [1.29, 1.82) is 0 Å². The van der Waals surface area contributed by atoms with Gasteiger partial charge in [0.1, 0.15) is 5.82 Å². The Morgan fingerprint density at radius 2 is 1.90 bits per heavy atom. The smallest absolute Gasteiger partial charge is 0.254 e. The molecule has 0 radical (unpaired) electrons. The lowest BCUT2D eigenvalue weighted by atomic mass is 10.1. The van der Waals surface area contributed by atoms with Crippen LogP contribution in [0, 0.1) is 5.82 Å². The quantitative estimate of drug-likeness (QED) is 0.876. The van der Waals surface area contributed by atoms with Gasteiger partial charge < -0.3 is 10.6 Å². The van der Waals surface area contributed by atoms with E-state index in [2.05, 4.69) is 0 Å². The molecule has 0 atom stereocenters. The molecule has 2 aromatic rings. The first-order valence-corrected chi connectivity index (χ1v) is 7.04. The van der Waals surface area contributed by atoms with Crippen LogP contribution in [0.1, 0.15) is 28.8 Å². The second-order valence-electron chi connectivity index (χ2n) is 5.42. The van der Waals surface area contributed by atoms with E-state index in [9.17, 15) is 9.18 Å². The van der Waals surface area contributed by atoms with E-state index in [0.717, 1.165) is 18.4 Å². The van der Waals surface area contributed by atoms with Crippen LogP contribution < -0.4 is 5.73 Å². The first kappa shape index (κ1) is 13.6. The van der Waals surface area contributed by atoms with Crippen molar-refractivity contribution >= 4 is 11.6 Å². The molecule has 1 saturated carbocycles. The maximum absolute atomic E-state index is 13.0. The number of amides is 1. The zero-order chi connectivity index (χ0) is 14.8. The standard InChI is InChI=1S/C17H17FN2O/c18-14-6-4-12(5-7-14)11-20(16-8-9-16)17(21)13-2-1-3-15(19)10-13/h1-7,10,16H,8-9,11,19H2. The molecule has 3 rings (SSSR count). The predicted octanol–water partition coefficient (Wildman–Crippen LogP) is 3.21. The maximum atomic E-state index is 13.0. The Hall–Kier alpha value is -2.36. The normalized spacial score (nSPS) is 14.0. The number of halogens is 1. The molecule has 1 fully saturated rings. The summed E-state index contributed by atoms with van der Waals surface area (Å²) in [4.78, 5) is 14.5. The highest BCUT2D eigenvalue weighted by atomic mass is 19.1. The average molecular weight is 284 g/mol. The van der Waals surface area contributed by atoms with Crippen LogP contribution in [0.15, 0.2) is 48.5 Å². The second kappa shape index (κ2) is 5.56. The van der Waals surface area contributed by atoms with Crippen LogP contribution in [-0.2, 0) is 6.54 Å². The van der Waals surface area contributed by atoms with Crippen molar-refractivity contribution < 1.29 is 9.18 Å². The lowest BCUT2D eigenvalue weighted by Crippen LogP contribution is -2.32. The molecular formula is C17H17FN2O. The van der Waals surface area contributed by atoms with Crippen LogP contribution in [0.5, 0.6) is 0 Å². The minimum atomic E-state index is -0.265. The van der Waals surface area contributed by atoms with Gasteiger partial charge in [-0.3, -0.25) is 4.79 Å². The van der Waals surface area contributed by atoms with Crippen molar-refractivity contribution in [1.82, 2.24) is 4.90 Å². The van der Waals surface area contributed by atoms with Crippen LogP contribution in [0.25, 0.3) is 0 Å². The van der Waals surface area contributed by atoms with Gasteiger partial charge >= 0.3 is 0 Å². The Morgan fingerprint density at radius 3 is 2.52 bits per heavy atom. The molecule has 0 saturated heterocycles. The summed E-state index contributed by atoms with van der Waals surface area (Å²) in [6.45, 7) is 0.499. The molecule has 3 nitrogen and oxygen atoms in total. The number of benzene rings is 2. The van der Waals surface area contributed by atoms with Gasteiger partial charge in [-0.25, -0.2) is 4.39 Å². The summed E-state index contributed by atoms with van der Waals surface area (Å²) in [6.07, 6.45) is 2.05. The number of hydrogen-bond acceptors (Lipinski definition) is 2. The molecule has 1 amide bonds. The SMILES string of the molecule is Nc1cccc(C(=O)N(Cc2ccc(F)cc2)C2CC2)c1. The number of hydrogen-bond donors (Lipinski definition) is 1. The van der Waals surface area contributed by atoms with E-state index in [0.29, 0.717) is 17.8 Å². The molecular weight excluding hydrogens is 267 g/mol. The summed E-state index contributed by atoms with van der Waals surface area (Å²) >= 11 is 0. The van der Waals surface area contributed by atoms with E-state index >= 15 is 0 Å². The Bertz CT molecular complexity index is 650. The van der Waals surface area contributed by atoms with E-state index in [1.165, 1.54) is 12.1 Å². The summed E-state index contributed by atoms with van der Waals surface area (Å²) in [6, 6.07) is 13.6. The van der Waals surface area contributed by atoms with Crippen LogP contribution in [-0.4, -0.2) is 16.8 Å². The third kappa shape index (κ3) is 3.21. The molecule has 0 heterocycles. The average Bonchev–Trinajstić information content (AvgIpc) is 3.30. The number of carbonyl (C=O) groups excluding carboxylic acids is 1. The summed E-state index contributed by atoms with van der Waals surface area (Å²) in [5.74, 6) is -0.284. The number of rotatable bonds is 4. The van der Waals surface area contributed by atoms with Crippen LogP contribution in [0.4, 0.5) is 10.1 Å². The van der Waals surface area contributed by atoms with E-state index in [1.807, 2.05) is 4.90 Å². The first-order chi connectivity index (χ1) is 10.1. The third-order valence-electron chi connectivity index (χ3n) is 3.65. The molecule has 2 aromatic carbocycles. The van der Waals surface area contributed by atoms with Gasteiger partial charge in [0.2, 0.25) is 0 Å². The van der Waals surface area contributed by atoms with Gasteiger partial charge in [-0.15, -0.1) is 0 Å². The monoisotopic (exact) mass is 284 g/mol. The Balaban J connectivity index is 1.81. The van der Waals surface area contributed by atoms with Gasteiger partial charge in [0.05, 0.1) is 0 Å². The molecule has 0 unspecified atom stereocenters. The van der Waals surface area contributed by atoms with Crippen molar-refractivity contribution in [3.63, 3.8) is 0 Å². The van der Waals surface area contributed by atoms with Gasteiger partial charge in [0.25, 0.3) is 5.91 Å². The Kier molecular flexibility index (Phi) is 3.60. The van der Waals surface area contributed by atoms with Crippen LogP contribution in [0.2, 0.25) is 0 Å². The summed E-state index contributed by atoms with van der Waals surface area (Å²) in [5.41, 5.74) is 7.86. The molecule has 2 N–H and O–H groups in total. The number of nitrogen functional groups attached to an aromatic ring is 1. The number of anilines is 1.